The van der Waals surface area contributed by atoms with Crippen molar-refractivity contribution in [3.05, 3.63) is 0 Å². The van der Waals surface area contributed by atoms with Gasteiger partial charge in [-0.1, -0.05) is 26.7 Å². The minimum Gasteiger partial charge on any atom is -0.370 e. The standard InChI is InChI=1S/C14H29N3/c1-11(2)9-14(7-5-6-8-14)10-16-13(15)17-12(3)4/h11-12H,5-10H2,1-4H3,(H3,15,16,17). The third-order valence-electron chi connectivity index (χ3n) is 3.53. The number of aliphatic imine (C=N–C) groups is 1. The first-order valence-electron chi connectivity index (χ1n) is 7.00. The van der Waals surface area contributed by atoms with Gasteiger partial charge in [-0.15, -0.1) is 0 Å². The van der Waals surface area contributed by atoms with E-state index in [4.69, 9.17) is 5.73 Å². The maximum Gasteiger partial charge on any atom is 0.188 e. The van der Waals surface area contributed by atoms with Crippen molar-refractivity contribution < 1.29 is 0 Å². The summed E-state index contributed by atoms with van der Waals surface area (Å²) in [6, 6.07) is 0.364. The third-order valence-corrected chi connectivity index (χ3v) is 3.53. The van der Waals surface area contributed by atoms with Crippen molar-refractivity contribution in [1.29, 1.82) is 0 Å². The highest BCUT2D eigenvalue weighted by Gasteiger charge is 2.34. The van der Waals surface area contributed by atoms with Gasteiger partial charge in [-0.2, -0.15) is 0 Å². The molecule has 1 rings (SSSR count). The van der Waals surface area contributed by atoms with Crippen molar-refractivity contribution in [3.8, 4) is 0 Å². The summed E-state index contributed by atoms with van der Waals surface area (Å²) in [5.41, 5.74) is 6.31. The summed E-state index contributed by atoms with van der Waals surface area (Å²) in [4.78, 5) is 4.55. The van der Waals surface area contributed by atoms with Crippen LogP contribution in [0.5, 0.6) is 0 Å². The first-order valence-corrected chi connectivity index (χ1v) is 7.00. The van der Waals surface area contributed by atoms with Crippen LogP contribution in [-0.4, -0.2) is 18.5 Å². The Labute approximate surface area is 106 Å². The van der Waals surface area contributed by atoms with Crippen molar-refractivity contribution in [3.63, 3.8) is 0 Å². The van der Waals surface area contributed by atoms with Crippen molar-refractivity contribution >= 4 is 5.96 Å². The van der Waals surface area contributed by atoms with E-state index in [9.17, 15) is 0 Å². The van der Waals surface area contributed by atoms with Gasteiger partial charge in [0.2, 0.25) is 0 Å². The highest BCUT2D eigenvalue weighted by atomic mass is 15.1. The maximum atomic E-state index is 5.88. The lowest BCUT2D eigenvalue weighted by atomic mass is 9.78. The molecule has 0 aromatic rings. The number of rotatable bonds is 5. The smallest absolute Gasteiger partial charge is 0.188 e. The molecule has 1 aliphatic carbocycles. The molecule has 0 aromatic heterocycles. The van der Waals surface area contributed by atoms with Crippen LogP contribution in [0, 0.1) is 11.3 Å². The number of guanidine groups is 1. The van der Waals surface area contributed by atoms with Crippen molar-refractivity contribution in [2.75, 3.05) is 6.54 Å². The molecular weight excluding hydrogens is 210 g/mol. The number of hydrogen-bond acceptors (Lipinski definition) is 1. The lowest BCUT2D eigenvalue weighted by molar-refractivity contribution is 0.245. The minimum atomic E-state index is 0.364. The van der Waals surface area contributed by atoms with Gasteiger partial charge >= 0.3 is 0 Å². The van der Waals surface area contributed by atoms with Gasteiger partial charge in [-0.05, 0) is 44.4 Å². The second-order valence-electron chi connectivity index (χ2n) is 6.31. The summed E-state index contributed by atoms with van der Waals surface area (Å²) in [7, 11) is 0. The fraction of sp³-hybridized carbons (Fsp3) is 0.929. The van der Waals surface area contributed by atoms with E-state index in [1.54, 1.807) is 0 Å². The van der Waals surface area contributed by atoms with E-state index in [1.165, 1.54) is 32.1 Å². The van der Waals surface area contributed by atoms with E-state index in [-0.39, 0.29) is 0 Å². The molecule has 17 heavy (non-hydrogen) atoms. The second-order valence-corrected chi connectivity index (χ2v) is 6.31. The Morgan fingerprint density at radius 3 is 2.29 bits per heavy atom. The molecule has 0 atom stereocenters. The van der Waals surface area contributed by atoms with Gasteiger partial charge < -0.3 is 11.1 Å². The molecule has 3 nitrogen and oxygen atoms in total. The van der Waals surface area contributed by atoms with Gasteiger partial charge in [0.05, 0.1) is 0 Å². The number of hydrogen-bond donors (Lipinski definition) is 2. The van der Waals surface area contributed by atoms with Crippen molar-refractivity contribution in [1.82, 2.24) is 5.32 Å². The van der Waals surface area contributed by atoms with Crippen molar-refractivity contribution in [2.45, 2.75) is 65.8 Å². The molecule has 0 bridgehead atoms. The van der Waals surface area contributed by atoms with E-state index >= 15 is 0 Å². The Bertz CT molecular complexity index is 250. The second kappa shape index (κ2) is 6.27. The van der Waals surface area contributed by atoms with Gasteiger partial charge in [0.1, 0.15) is 0 Å². The van der Waals surface area contributed by atoms with Crippen LogP contribution in [-0.2, 0) is 0 Å². The SMILES string of the molecule is CC(C)CC1(CN=C(N)NC(C)C)CCCC1. The summed E-state index contributed by atoms with van der Waals surface area (Å²) in [5.74, 6) is 1.36. The monoisotopic (exact) mass is 239 g/mol. The molecule has 0 amide bonds. The van der Waals surface area contributed by atoms with E-state index < -0.39 is 0 Å². The third kappa shape index (κ3) is 4.97. The number of nitrogens with one attached hydrogen (secondary N) is 1. The van der Waals surface area contributed by atoms with Gasteiger partial charge in [0, 0.05) is 12.6 Å². The zero-order valence-corrected chi connectivity index (χ0v) is 11.9. The van der Waals surface area contributed by atoms with Crippen molar-refractivity contribution in [2.24, 2.45) is 22.1 Å². The first kappa shape index (κ1) is 14.3. The van der Waals surface area contributed by atoms with Crippen LogP contribution in [0.4, 0.5) is 0 Å². The van der Waals surface area contributed by atoms with Gasteiger partial charge in [-0.3, -0.25) is 4.99 Å². The lowest BCUT2D eigenvalue weighted by Gasteiger charge is -2.29. The van der Waals surface area contributed by atoms with Crippen LogP contribution in [0.25, 0.3) is 0 Å². The lowest BCUT2D eigenvalue weighted by Crippen LogP contribution is -2.38. The van der Waals surface area contributed by atoms with E-state index in [0.29, 0.717) is 17.4 Å². The predicted molar refractivity (Wildman–Crippen MR) is 75.1 cm³/mol. The van der Waals surface area contributed by atoms with E-state index in [2.05, 4.69) is 38.0 Å². The average molecular weight is 239 g/mol. The molecule has 1 aliphatic rings. The molecule has 3 heteroatoms. The first-order chi connectivity index (χ1) is 7.93. The summed E-state index contributed by atoms with van der Waals surface area (Å²) < 4.78 is 0. The number of nitrogens with zero attached hydrogens (tertiary/aromatic N) is 1. The van der Waals surface area contributed by atoms with Crippen LogP contribution in [0.2, 0.25) is 0 Å². The van der Waals surface area contributed by atoms with Crippen LogP contribution in [0.3, 0.4) is 0 Å². The van der Waals surface area contributed by atoms with Gasteiger partial charge in [0.25, 0.3) is 0 Å². The Balaban J connectivity index is 2.55. The molecule has 0 heterocycles. The minimum absolute atomic E-state index is 0.364. The highest BCUT2D eigenvalue weighted by molar-refractivity contribution is 5.78. The van der Waals surface area contributed by atoms with Gasteiger partial charge in [0.15, 0.2) is 5.96 Å². The molecule has 1 saturated carbocycles. The predicted octanol–water partition coefficient (Wildman–Crippen LogP) is 2.91. The molecule has 3 N–H and O–H groups in total. The Morgan fingerprint density at radius 1 is 1.24 bits per heavy atom. The fourth-order valence-electron chi connectivity index (χ4n) is 3.01. The average Bonchev–Trinajstić information content (AvgIpc) is 2.62. The normalized spacial score (nSPS) is 20.2. The van der Waals surface area contributed by atoms with Gasteiger partial charge in [-0.25, -0.2) is 0 Å². The topological polar surface area (TPSA) is 50.4 Å². The molecule has 0 saturated heterocycles. The molecule has 0 aromatic carbocycles. The van der Waals surface area contributed by atoms with Crippen LogP contribution in [0.1, 0.15) is 59.8 Å². The van der Waals surface area contributed by atoms with Crippen LogP contribution >= 0.6 is 0 Å². The molecule has 0 aliphatic heterocycles. The summed E-state index contributed by atoms with van der Waals surface area (Å²) >= 11 is 0. The highest BCUT2D eigenvalue weighted by Crippen LogP contribution is 2.43. The summed E-state index contributed by atoms with van der Waals surface area (Å²) in [6.07, 6.45) is 6.65. The largest absolute Gasteiger partial charge is 0.370 e. The Kier molecular flexibility index (Phi) is 5.29. The van der Waals surface area contributed by atoms with E-state index in [0.717, 1.165) is 12.5 Å². The molecular formula is C14H29N3. The fourth-order valence-corrected chi connectivity index (χ4v) is 3.01. The molecule has 0 radical (unpaired) electrons. The Hall–Kier alpha value is -0.730. The summed E-state index contributed by atoms with van der Waals surface area (Å²) in [6.45, 7) is 9.68. The van der Waals surface area contributed by atoms with Crippen LogP contribution < -0.4 is 11.1 Å². The number of nitrogens with two attached hydrogens (primary N) is 1. The maximum absolute atomic E-state index is 5.88. The molecule has 1 fully saturated rings. The van der Waals surface area contributed by atoms with Crippen LogP contribution in [0.15, 0.2) is 4.99 Å². The summed E-state index contributed by atoms with van der Waals surface area (Å²) in [5, 5.41) is 3.16. The quantitative estimate of drug-likeness (QED) is 0.572. The Morgan fingerprint density at radius 2 is 1.82 bits per heavy atom. The molecule has 0 unspecified atom stereocenters. The molecule has 100 valence electrons. The zero-order valence-electron chi connectivity index (χ0n) is 11.9. The molecule has 0 spiro atoms. The van der Waals surface area contributed by atoms with E-state index in [1.807, 2.05) is 0 Å². The zero-order chi connectivity index (χ0) is 12.9.